The van der Waals surface area contributed by atoms with Crippen LogP contribution in [0, 0.1) is 6.92 Å². The van der Waals surface area contributed by atoms with Gasteiger partial charge in [0.2, 0.25) is 0 Å². The molecule has 0 aromatic heterocycles. The Kier molecular flexibility index (Phi) is 8.15. The third-order valence-corrected chi connectivity index (χ3v) is 4.64. The zero-order valence-corrected chi connectivity index (χ0v) is 18.2. The number of hydrogen-bond acceptors (Lipinski definition) is 5. The van der Waals surface area contributed by atoms with Gasteiger partial charge in [-0.3, -0.25) is 4.79 Å². The molecule has 164 valence electrons. The molecule has 1 amide bonds. The lowest BCUT2D eigenvalue weighted by Gasteiger charge is -2.06. The highest BCUT2D eigenvalue weighted by atomic mass is 16.5. The van der Waals surface area contributed by atoms with Crippen LogP contribution in [0.15, 0.2) is 77.9 Å². The third-order valence-electron chi connectivity index (χ3n) is 4.64. The number of carbonyl (C=O) groups excluding carboxylic acids is 2. The smallest absolute Gasteiger partial charge is 0.343 e. The maximum Gasteiger partial charge on any atom is 0.343 e. The van der Waals surface area contributed by atoms with Crippen molar-refractivity contribution in [2.24, 2.45) is 5.10 Å². The van der Waals surface area contributed by atoms with Crippen LogP contribution in [0.5, 0.6) is 11.5 Å². The van der Waals surface area contributed by atoms with Crippen LogP contribution in [0.4, 0.5) is 0 Å². The van der Waals surface area contributed by atoms with E-state index in [-0.39, 0.29) is 5.91 Å². The lowest BCUT2D eigenvalue weighted by Crippen LogP contribution is -2.17. The van der Waals surface area contributed by atoms with E-state index in [4.69, 9.17) is 9.47 Å². The first-order valence-corrected chi connectivity index (χ1v) is 10.5. The average Bonchev–Trinajstić information content (AvgIpc) is 2.81. The van der Waals surface area contributed by atoms with Crippen LogP contribution < -0.4 is 14.9 Å². The predicted molar refractivity (Wildman–Crippen MR) is 124 cm³/mol. The van der Waals surface area contributed by atoms with Crippen LogP contribution in [0.25, 0.3) is 0 Å². The summed E-state index contributed by atoms with van der Waals surface area (Å²) in [5.41, 5.74) is 5.30. The number of unbranched alkanes of at least 4 members (excludes halogenated alkanes) is 1. The first kappa shape index (κ1) is 22.7. The summed E-state index contributed by atoms with van der Waals surface area (Å²) in [6.45, 7) is 4.72. The monoisotopic (exact) mass is 430 g/mol. The maximum atomic E-state index is 12.2. The number of rotatable bonds is 9. The van der Waals surface area contributed by atoms with Gasteiger partial charge in [0, 0.05) is 5.56 Å². The van der Waals surface area contributed by atoms with E-state index in [0.717, 1.165) is 29.7 Å². The lowest BCUT2D eigenvalue weighted by atomic mass is 10.1. The summed E-state index contributed by atoms with van der Waals surface area (Å²) in [5.74, 6) is 0.435. The molecule has 0 atom stereocenters. The second-order valence-electron chi connectivity index (χ2n) is 7.25. The Labute approximate surface area is 187 Å². The number of amides is 1. The Hall–Kier alpha value is -3.93. The molecular weight excluding hydrogens is 404 g/mol. The predicted octanol–water partition coefficient (Wildman–Crippen LogP) is 5.16. The minimum atomic E-state index is -0.416. The SMILES string of the molecule is CCCCOc1ccc(C(=O)N/N=C/c2ccc(OC(=O)c3ccc(C)cc3)cc2)cc1. The van der Waals surface area contributed by atoms with Crippen LogP contribution in [0.1, 0.15) is 51.6 Å². The minimum Gasteiger partial charge on any atom is -0.494 e. The molecular formula is C26H26N2O4. The van der Waals surface area contributed by atoms with Crippen molar-refractivity contribution in [3.8, 4) is 11.5 Å². The number of ether oxygens (including phenoxy) is 2. The van der Waals surface area contributed by atoms with E-state index in [2.05, 4.69) is 17.5 Å². The normalized spacial score (nSPS) is 10.7. The van der Waals surface area contributed by atoms with Gasteiger partial charge in [-0.15, -0.1) is 0 Å². The fraction of sp³-hybridized carbons (Fsp3) is 0.192. The van der Waals surface area contributed by atoms with Gasteiger partial charge >= 0.3 is 5.97 Å². The minimum absolute atomic E-state index is 0.315. The van der Waals surface area contributed by atoms with Gasteiger partial charge < -0.3 is 9.47 Å². The zero-order chi connectivity index (χ0) is 22.8. The lowest BCUT2D eigenvalue weighted by molar-refractivity contribution is 0.0734. The van der Waals surface area contributed by atoms with E-state index in [0.29, 0.717) is 23.5 Å². The number of nitrogens with one attached hydrogen (secondary N) is 1. The van der Waals surface area contributed by atoms with E-state index in [9.17, 15) is 9.59 Å². The Morgan fingerprint density at radius 2 is 1.50 bits per heavy atom. The van der Waals surface area contributed by atoms with Crippen molar-refractivity contribution in [3.63, 3.8) is 0 Å². The maximum absolute atomic E-state index is 12.2. The summed E-state index contributed by atoms with van der Waals surface area (Å²) < 4.78 is 11.0. The molecule has 6 heteroatoms. The first-order valence-electron chi connectivity index (χ1n) is 10.5. The van der Waals surface area contributed by atoms with Gasteiger partial charge in [-0.2, -0.15) is 5.10 Å². The van der Waals surface area contributed by atoms with Crippen molar-refractivity contribution < 1.29 is 19.1 Å². The van der Waals surface area contributed by atoms with Gasteiger partial charge in [0.05, 0.1) is 18.4 Å². The molecule has 32 heavy (non-hydrogen) atoms. The van der Waals surface area contributed by atoms with Crippen molar-refractivity contribution in [1.29, 1.82) is 0 Å². The molecule has 0 bridgehead atoms. The highest BCUT2D eigenvalue weighted by molar-refractivity contribution is 5.95. The molecule has 0 heterocycles. The van der Waals surface area contributed by atoms with Crippen LogP contribution in [-0.2, 0) is 0 Å². The van der Waals surface area contributed by atoms with Crippen LogP contribution in [-0.4, -0.2) is 24.7 Å². The Morgan fingerprint density at radius 1 is 0.875 bits per heavy atom. The van der Waals surface area contributed by atoms with Gasteiger partial charge in [0.15, 0.2) is 0 Å². The number of benzene rings is 3. The number of nitrogens with zero attached hydrogens (tertiary/aromatic N) is 1. The summed E-state index contributed by atoms with van der Waals surface area (Å²) in [6, 6.07) is 21.0. The number of carbonyl (C=O) groups is 2. The molecule has 3 rings (SSSR count). The molecule has 0 saturated carbocycles. The molecule has 0 aliphatic heterocycles. The fourth-order valence-electron chi connectivity index (χ4n) is 2.74. The van der Waals surface area contributed by atoms with Gasteiger partial charge in [-0.25, -0.2) is 10.2 Å². The molecule has 0 aliphatic rings. The number of esters is 1. The molecule has 0 radical (unpaired) electrons. The van der Waals surface area contributed by atoms with Gasteiger partial charge in [-0.05, 0) is 79.6 Å². The van der Waals surface area contributed by atoms with E-state index in [1.54, 1.807) is 60.7 Å². The molecule has 1 N–H and O–H groups in total. The summed E-state index contributed by atoms with van der Waals surface area (Å²) >= 11 is 0. The second-order valence-corrected chi connectivity index (χ2v) is 7.25. The van der Waals surface area contributed by atoms with E-state index >= 15 is 0 Å². The summed E-state index contributed by atoms with van der Waals surface area (Å²) in [6.07, 6.45) is 3.58. The van der Waals surface area contributed by atoms with Crippen molar-refractivity contribution in [2.45, 2.75) is 26.7 Å². The molecule has 0 fully saturated rings. The molecule has 0 aliphatic carbocycles. The molecule has 3 aromatic carbocycles. The number of hydrogen-bond donors (Lipinski definition) is 1. The summed E-state index contributed by atoms with van der Waals surface area (Å²) in [7, 11) is 0. The van der Waals surface area contributed by atoms with E-state index in [1.165, 1.54) is 6.21 Å². The van der Waals surface area contributed by atoms with Gasteiger partial charge in [0.25, 0.3) is 5.91 Å². The summed E-state index contributed by atoms with van der Waals surface area (Å²) in [5, 5.41) is 3.98. The van der Waals surface area contributed by atoms with Crippen LogP contribution in [0.3, 0.4) is 0 Å². The Morgan fingerprint density at radius 3 is 2.16 bits per heavy atom. The Bertz CT molecular complexity index is 1060. The van der Waals surface area contributed by atoms with Gasteiger partial charge in [-0.1, -0.05) is 31.0 Å². The van der Waals surface area contributed by atoms with Crippen LogP contribution in [0.2, 0.25) is 0 Å². The number of aryl methyl sites for hydroxylation is 1. The van der Waals surface area contributed by atoms with E-state index < -0.39 is 5.97 Å². The number of hydrazone groups is 1. The molecule has 0 unspecified atom stereocenters. The van der Waals surface area contributed by atoms with E-state index in [1.807, 2.05) is 19.1 Å². The first-order chi connectivity index (χ1) is 15.5. The highest BCUT2D eigenvalue weighted by Crippen LogP contribution is 2.15. The van der Waals surface area contributed by atoms with Crippen molar-refractivity contribution in [3.05, 3.63) is 95.1 Å². The average molecular weight is 431 g/mol. The second kappa shape index (κ2) is 11.5. The largest absolute Gasteiger partial charge is 0.494 e. The fourth-order valence-corrected chi connectivity index (χ4v) is 2.74. The Balaban J connectivity index is 1.49. The quantitative estimate of drug-likeness (QED) is 0.167. The summed E-state index contributed by atoms with van der Waals surface area (Å²) in [4.78, 5) is 24.4. The molecule has 3 aromatic rings. The van der Waals surface area contributed by atoms with Gasteiger partial charge in [0.1, 0.15) is 11.5 Å². The molecule has 6 nitrogen and oxygen atoms in total. The van der Waals surface area contributed by atoms with Crippen molar-refractivity contribution in [1.82, 2.24) is 5.43 Å². The van der Waals surface area contributed by atoms with Crippen LogP contribution >= 0.6 is 0 Å². The third kappa shape index (κ3) is 6.80. The zero-order valence-electron chi connectivity index (χ0n) is 18.2. The highest BCUT2D eigenvalue weighted by Gasteiger charge is 2.08. The topological polar surface area (TPSA) is 77.0 Å². The van der Waals surface area contributed by atoms with Crippen molar-refractivity contribution >= 4 is 18.1 Å². The standard InChI is InChI=1S/C26H26N2O4/c1-3-4-17-31-23-15-11-21(12-16-23)25(29)28-27-18-20-7-13-24(14-8-20)32-26(30)22-9-5-19(2)6-10-22/h5-16,18H,3-4,17H2,1-2H3,(H,28,29)/b27-18+. The molecule has 0 saturated heterocycles. The molecule has 0 spiro atoms. The van der Waals surface area contributed by atoms with Crippen molar-refractivity contribution in [2.75, 3.05) is 6.61 Å².